The molecule has 0 aliphatic heterocycles. The Bertz CT molecular complexity index is 1390. The van der Waals surface area contributed by atoms with Crippen molar-refractivity contribution in [1.29, 1.82) is 5.26 Å². The van der Waals surface area contributed by atoms with Gasteiger partial charge in [0, 0.05) is 12.1 Å². The maximum atomic E-state index is 13.5. The van der Waals surface area contributed by atoms with Gasteiger partial charge in [-0.05, 0) is 60.4 Å². The number of halogens is 2. The lowest BCUT2D eigenvalue weighted by Gasteiger charge is -2.19. The Kier molecular flexibility index (Phi) is 6.32. The second-order valence-corrected chi connectivity index (χ2v) is 7.74. The van der Waals surface area contributed by atoms with Gasteiger partial charge in [0.05, 0.1) is 25.5 Å². The van der Waals surface area contributed by atoms with Gasteiger partial charge in [0.25, 0.3) is 0 Å². The number of alkyl halides is 2. The Morgan fingerprint density at radius 2 is 1.76 bits per heavy atom. The first-order valence-electron chi connectivity index (χ1n) is 10.5. The molecule has 0 amide bonds. The predicted molar refractivity (Wildman–Crippen MR) is 125 cm³/mol. The first-order valence-corrected chi connectivity index (χ1v) is 10.5. The summed E-state index contributed by atoms with van der Waals surface area (Å²) < 4.78 is 37.6. The van der Waals surface area contributed by atoms with Crippen LogP contribution in [0.25, 0.3) is 22.2 Å². The molecule has 1 N–H and O–H groups in total. The zero-order chi connectivity index (χ0) is 24.4. The van der Waals surface area contributed by atoms with E-state index in [1.54, 1.807) is 14.2 Å². The molecule has 9 heteroatoms. The minimum atomic E-state index is -2.91. The molecule has 0 saturated carbocycles. The van der Waals surface area contributed by atoms with E-state index in [-0.39, 0.29) is 16.6 Å². The molecule has 7 nitrogen and oxygen atoms in total. The van der Waals surface area contributed by atoms with Crippen molar-refractivity contribution in [3.05, 3.63) is 64.7 Å². The first-order chi connectivity index (χ1) is 16.4. The van der Waals surface area contributed by atoms with Crippen LogP contribution in [-0.2, 0) is 6.54 Å². The fraction of sp³-hybridized carbons (Fsp3) is 0.240. The number of methoxy groups -OCH3 is 2. The Hall–Kier alpha value is -4.19. The van der Waals surface area contributed by atoms with Crippen LogP contribution in [0.3, 0.4) is 0 Å². The van der Waals surface area contributed by atoms with Gasteiger partial charge in [-0.2, -0.15) is 14.0 Å². The number of hydrogen-bond acceptors (Lipinski definition) is 6. The summed E-state index contributed by atoms with van der Waals surface area (Å²) in [5, 5.41) is 21.3. The number of nitrogens with one attached hydrogen (secondary N) is 1. The molecular weight excluding hydrogens is 440 g/mol. The lowest BCUT2D eigenvalue weighted by Crippen LogP contribution is -2.06. The van der Waals surface area contributed by atoms with Crippen molar-refractivity contribution in [1.82, 2.24) is 15.0 Å². The highest BCUT2D eigenvalue weighted by Gasteiger charge is 2.24. The molecule has 0 aliphatic carbocycles. The Morgan fingerprint density at radius 1 is 1.03 bits per heavy atom. The van der Waals surface area contributed by atoms with Crippen molar-refractivity contribution in [2.45, 2.75) is 26.9 Å². The van der Waals surface area contributed by atoms with Gasteiger partial charge in [0.1, 0.15) is 28.6 Å². The smallest absolute Gasteiger partial charge is 0.348 e. The Balaban J connectivity index is 1.96. The normalized spacial score (nSPS) is 11.0. The minimum absolute atomic E-state index is 0.212. The van der Waals surface area contributed by atoms with Crippen molar-refractivity contribution >= 4 is 16.7 Å². The number of benzene rings is 3. The van der Waals surface area contributed by atoms with Gasteiger partial charge >= 0.3 is 6.55 Å². The Morgan fingerprint density at radius 3 is 2.38 bits per heavy atom. The molecule has 0 fully saturated rings. The van der Waals surface area contributed by atoms with E-state index in [4.69, 9.17) is 9.47 Å². The molecule has 4 rings (SSSR count). The molecule has 0 spiro atoms. The average Bonchev–Trinajstić information content (AvgIpc) is 3.27. The van der Waals surface area contributed by atoms with E-state index in [1.807, 2.05) is 50.2 Å². The zero-order valence-corrected chi connectivity index (χ0v) is 19.2. The maximum Gasteiger partial charge on any atom is 0.348 e. The van der Waals surface area contributed by atoms with Crippen LogP contribution in [-0.4, -0.2) is 29.2 Å². The summed E-state index contributed by atoms with van der Waals surface area (Å²) >= 11 is 0. The molecule has 3 aromatic carbocycles. The quantitative estimate of drug-likeness (QED) is 0.383. The van der Waals surface area contributed by atoms with Crippen molar-refractivity contribution in [2.75, 3.05) is 19.5 Å². The summed E-state index contributed by atoms with van der Waals surface area (Å²) in [6.45, 7) is 1.28. The van der Waals surface area contributed by atoms with Crippen molar-refractivity contribution < 1.29 is 18.3 Å². The molecule has 0 atom stereocenters. The van der Waals surface area contributed by atoms with E-state index in [0.29, 0.717) is 28.3 Å². The van der Waals surface area contributed by atoms with Crippen LogP contribution in [0.1, 0.15) is 28.8 Å². The molecule has 0 aliphatic rings. The average molecular weight is 463 g/mol. The first kappa shape index (κ1) is 23.0. The third-order valence-corrected chi connectivity index (χ3v) is 5.71. The van der Waals surface area contributed by atoms with Crippen LogP contribution in [0.15, 0.2) is 42.5 Å². The predicted octanol–water partition coefficient (Wildman–Crippen LogP) is 5.61. The van der Waals surface area contributed by atoms with E-state index in [0.717, 1.165) is 28.0 Å². The molecule has 1 aromatic heterocycles. The fourth-order valence-electron chi connectivity index (χ4n) is 4.04. The van der Waals surface area contributed by atoms with Gasteiger partial charge < -0.3 is 14.8 Å². The van der Waals surface area contributed by atoms with Crippen LogP contribution in [0.5, 0.6) is 11.5 Å². The molecule has 0 unspecified atom stereocenters. The van der Waals surface area contributed by atoms with Gasteiger partial charge in [-0.3, -0.25) is 0 Å². The molecule has 34 heavy (non-hydrogen) atoms. The lowest BCUT2D eigenvalue weighted by molar-refractivity contribution is 0.0424. The van der Waals surface area contributed by atoms with Crippen molar-refractivity contribution in [2.24, 2.45) is 0 Å². The number of anilines is 1. The molecule has 0 bridgehead atoms. The molecule has 4 aromatic rings. The van der Waals surface area contributed by atoms with E-state index >= 15 is 0 Å². The fourth-order valence-corrected chi connectivity index (χ4v) is 4.04. The second kappa shape index (κ2) is 9.35. The number of ether oxygens (including phenoxy) is 2. The van der Waals surface area contributed by atoms with Crippen LogP contribution in [0.4, 0.5) is 14.5 Å². The number of aromatic nitrogens is 3. The molecule has 0 radical (unpaired) electrons. The van der Waals surface area contributed by atoms with E-state index in [9.17, 15) is 14.0 Å². The zero-order valence-electron chi connectivity index (χ0n) is 19.2. The number of aryl methyl sites for hydroxylation is 1. The highest BCUT2D eigenvalue weighted by Crippen LogP contribution is 2.42. The largest absolute Gasteiger partial charge is 0.497 e. The maximum absolute atomic E-state index is 13.5. The standard InChI is InChI=1S/C25H23F2N5O2/c1-14-5-10-20(34-4)15(2)21(14)22-23(29-13-16-6-8-18(33-3)9-7-16)17(12-28)11-19-24(22)31-32(30-19)25(26)27/h5-11,25,29H,13H2,1-4H3. The summed E-state index contributed by atoms with van der Waals surface area (Å²) in [5.74, 6) is 1.37. The Labute approximate surface area is 195 Å². The number of nitriles is 1. The van der Waals surface area contributed by atoms with E-state index in [2.05, 4.69) is 21.6 Å². The highest BCUT2D eigenvalue weighted by atomic mass is 19.3. The monoisotopic (exact) mass is 463 g/mol. The summed E-state index contributed by atoms with van der Waals surface area (Å²) in [4.78, 5) is 0.368. The van der Waals surface area contributed by atoms with Gasteiger partial charge in [-0.25, -0.2) is 0 Å². The number of rotatable bonds is 7. The van der Waals surface area contributed by atoms with Crippen LogP contribution in [0.2, 0.25) is 0 Å². The highest BCUT2D eigenvalue weighted by molar-refractivity contribution is 6.03. The van der Waals surface area contributed by atoms with E-state index < -0.39 is 6.55 Å². The van der Waals surface area contributed by atoms with Crippen molar-refractivity contribution in [3.63, 3.8) is 0 Å². The third-order valence-electron chi connectivity index (χ3n) is 5.71. The SMILES string of the molecule is COc1ccc(CNc2c(C#N)cc3nn(C(F)F)nc3c2-c2c(C)ccc(OC)c2C)cc1. The molecule has 174 valence electrons. The van der Waals surface area contributed by atoms with Gasteiger partial charge in [0.2, 0.25) is 0 Å². The van der Waals surface area contributed by atoms with Crippen molar-refractivity contribution in [3.8, 4) is 28.7 Å². The van der Waals surface area contributed by atoms with Gasteiger partial charge in [-0.1, -0.05) is 18.2 Å². The van der Waals surface area contributed by atoms with Gasteiger partial charge in [-0.15, -0.1) is 15.0 Å². The molecule has 0 saturated heterocycles. The molecule has 1 heterocycles. The lowest BCUT2D eigenvalue weighted by atomic mass is 9.91. The number of nitrogens with zero attached hydrogens (tertiary/aromatic N) is 4. The second-order valence-electron chi connectivity index (χ2n) is 7.74. The number of fused-ring (bicyclic) bond motifs is 1. The van der Waals surface area contributed by atoms with Gasteiger partial charge in [0.15, 0.2) is 0 Å². The summed E-state index contributed by atoms with van der Waals surface area (Å²) in [6, 6.07) is 14.9. The summed E-state index contributed by atoms with van der Waals surface area (Å²) in [7, 11) is 3.16. The molecular formula is C25H23F2N5O2. The number of hydrogen-bond donors (Lipinski definition) is 1. The summed E-state index contributed by atoms with van der Waals surface area (Å²) in [5.41, 5.74) is 5.17. The van der Waals surface area contributed by atoms with Crippen LogP contribution < -0.4 is 14.8 Å². The minimum Gasteiger partial charge on any atom is -0.497 e. The third kappa shape index (κ3) is 4.10. The summed E-state index contributed by atoms with van der Waals surface area (Å²) in [6.07, 6.45) is 0. The van der Waals surface area contributed by atoms with E-state index in [1.165, 1.54) is 6.07 Å². The van der Waals surface area contributed by atoms with Crippen LogP contribution in [0, 0.1) is 25.2 Å². The topological polar surface area (TPSA) is 85.0 Å². The van der Waals surface area contributed by atoms with Crippen LogP contribution >= 0.6 is 0 Å².